The Kier molecular flexibility index (Phi) is 5.31. The summed E-state index contributed by atoms with van der Waals surface area (Å²) in [4.78, 5) is 16.5. The molecule has 1 aromatic carbocycles. The summed E-state index contributed by atoms with van der Waals surface area (Å²) in [6.45, 7) is 0.625. The van der Waals surface area contributed by atoms with Gasteiger partial charge >= 0.3 is 0 Å². The Balaban J connectivity index is 1.63. The van der Waals surface area contributed by atoms with Crippen LogP contribution in [0.1, 0.15) is 42.6 Å². The van der Waals surface area contributed by atoms with E-state index in [-0.39, 0.29) is 5.91 Å². The maximum atomic E-state index is 12.4. The molecule has 1 aliphatic rings. The Morgan fingerprint density at radius 1 is 1.29 bits per heavy atom. The minimum Gasteiger partial charge on any atom is -0.497 e. The van der Waals surface area contributed by atoms with Gasteiger partial charge in [0.05, 0.1) is 7.11 Å². The van der Waals surface area contributed by atoms with Gasteiger partial charge in [0.15, 0.2) is 17.8 Å². The molecule has 1 aliphatic carbocycles. The largest absolute Gasteiger partial charge is 0.497 e. The summed E-state index contributed by atoms with van der Waals surface area (Å²) in [5.41, 5.74) is 2.56. The van der Waals surface area contributed by atoms with Crippen LogP contribution < -0.4 is 10.1 Å². The lowest BCUT2D eigenvalue weighted by atomic mass is 9.97. The summed E-state index contributed by atoms with van der Waals surface area (Å²) in [5.74, 6) is 1.03. The van der Waals surface area contributed by atoms with Gasteiger partial charge in [0.25, 0.3) is 5.91 Å². The van der Waals surface area contributed by atoms with Crippen molar-refractivity contribution in [3.63, 3.8) is 0 Å². The molecule has 0 atom stereocenters. The number of hydrogen-bond donors (Lipinski definition) is 1. The lowest BCUT2D eigenvalue weighted by molar-refractivity contribution is 0.0950. The second-order valence-electron chi connectivity index (χ2n) is 5.87. The van der Waals surface area contributed by atoms with Crippen LogP contribution in [0.3, 0.4) is 0 Å². The van der Waals surface area contributed by atoms with E-state index in [9.17, 15) is 4.79 Å². The number of ether oxygens (including phenoxy) is 1. The van der Waals surface area contributed by atoms with Crippen LogP contribution in [0, 0.1) is 0 Å². The monoisotopic (exact) mass is 326 g/mol. The molecule has 24 heavy (non-hydrogen) atoms. The number of oxazole rings is 1. The molecule has 0 radical (unpaired) electrons. The zero-order chi connectivity index (χ0) is 16.8. The van der Waals surface area contributed by atoms with E-state index in [0.717, 1.165) is 30.6 Å². The number of nitrogens with one attached hydrogen (secondary N) is 1. The van der Waals surface area contributed by atoms with Crippen molar-refractivity contribution in [1.82, 2.24) is 10.3 Å². The molecule has 2 aromatic rings. The molecule has 1 heterocycles. The van der Waals surface area contributed by atoms with Crippen molar-refractivity contribution in [1.29, 1.82) is 0 Å². The van der Waals surface area contributed by atoms with E-state index in [1.54, 1.807) is 7.11 Å². The zero-order valence-corrected chi connectivity index (χ0v) is 13.9. The number of carbonyl (C=O) groups is 1. The van der Waals surface area contributed by atoms with Crippen molar-refractivity contribution in [2.45, 2.75) is 32.1 Å². The number of hydrogen-bond acceptors (Lipinski definition) is 4. The van der Waals surface area contributed by atoms with Gasteiger partial charge in [0, 0.05) is 12.1 Å². The van der Waals surface area contributed by atoms with Gasteiger partial charge in [-0.25, -0.2) is 4.98 Å². The number of aromatic nitrogens is 1. The van der Waals surface area contributed by atoms with Gasteiger partial charge in [-0.2, -0.15) is 0 Å². The molecule has 1 aromatic heterocycles. The smallest absolute Gasteiger partial charge is 0.273 e. The summed E-state index contributed by atoms with van der Waals surface area (Å²) < 4.78 is 10.6. The quantitative estimate of drug-likeness (QED) is 0.816. The van der Waals surface area contributed by atoms with Gasteiger partial charge in [-0.3, -0.25) is 4.79 Å². The first-order valence-corrected chi connectivity index (χ1v) is 8.32. The highest BCUT2D eigenvalue weighted by molar-refractivity contribution is 5.97. The van der Waals surface area contributed by atoms with Crippen LogP contribution in [0.4, 0.5) is 0 Å². The van der Waals surface area contributed by atoms with Gasteiger partial charge in [0.1, 0.15) is 5.75 Å². The van der Waals surface area contributed by atoms with Crippen LogP contribution in [0.25, 0.3) is 11.3 Å². The highest BCUT2D eigenvalue weighted by Crippen LogP contribution is 2.25. The third-order valence-electron chi connectivity index (χ3n) is 4.25. The molecule has 5 heteroatoms. The normalized spacial score (nSPS) is 14.1. The summed E-state index contributed by atoms with van der Waals surface area (Å²) in [7, 11) is 1.62. The molecule has 5 nitrogen and oxygen atoms in total. The number of allylic oxidation sites excluding steroid dienone is 1. The van der Waals surface area contributed by atoms with E-state index < -0.39 is 0 Å². The Labute approximate surface area is 141 Å². The molecule has 1 amide bonds. The Hall–Kier alpha value is -2.56. The number of amides is 1. The third-order valence-corrected chi connectivity index (χ3v) is 4.25. The average Bonchev–Trinajstić information content (AvgIpc) is 3.12. The fourth-order valence-electron chi connectivity index (χ4n) is 2.91. The van der Waals surface area contributed by atoms with E-state index in [0.29, 0.717) is 18.0 Å². The lowest BCUT2D eigenvalue weighted by Crippen LogP contribution is -2.25. The molecular weight excluding hydrogens is 304 g/mol. The fourth-order valence-corrected chi connectivity index (χ4v) is 2.91. The van der Waals surface area contributed by atoms with Crippen LogP contribution in [-0.2, 0) is 0 Å². The highest BCUT2D eigenvalue weighted by atomic mass is 16.5. The Morgan fingerprint density at radius 2 is 2.12 bits per heavy atom. The molecule has 0 spiro atoms. The molecule has 126 valence electrons. The summed E-state index contributed by atoms with van der Waals surface area (Å²) in [5, 5.41) is 2.94. The van der Waals surface area contributed by atoms with Gasteiger partial charge < -0.3 is 14.5 Å². The number of rotatable bonds is 6. The van der Waals surface area contributed by atoms with Gasteiger partial charge in [-0.05, 0) is 56.4 Å². The fraction of sp³-hybridized carbons (Fsp3) is 0.368. The molecule has 1 N–H and O–H groups in total. The van der Waals surface area contributed by atoms with E-state index in [4.69, 9.17) is 9.15 Å². The summed E-state index contributed by atoms with van der Waals surface area (Å²) in [6.07, 6.45) is 9.35. The molecule has 0 saturated carbocycles. The van der Waals surface area contributed by atoms with Gasteiger partial charge in [0.2, 0.25) is 0 Å². The molecule has 0 fully saturated rings. The molecular formula is C19H22N2O3. The second-order valence-corrected chi connectivity index (χ2v) is 5.87. The summed E-state index contributed by atoms with van der Waals surface area (Å²) in [6, 6.07) is 7.36. The van der Waals surface area contributed by atoms with Crippen molar-refractivity contribution in [3.8, 4) is 17.1 Å². The first-order valence-electron chi connectivity index (χ1n) is 8.32. The van der Waals surface area contributed by atoms with Crippen LogP contribution >= 0.6 is 0 Å². The molecule has 0 saturated heterocycles. The number of benzene rings is 1. The number of methoxy groups -OCH3 is 1. The Morgan fingerprint density at radius 3 is 2.83 bits per heavy atom. The first-order chi connectivity index (χ1) is 11.8. The first kappa shape index (κ1) is 16.3. The average molecular weight is 326 g/mol. The zero-order valence-electron chi connectivity index (χ0n) is 13.9. The van der Waals surface area contributed by atoms with Gasteiger partial charge in [-0.15, -0.1) is 0 Å². The maximum Gasteiger partial charge on any atom is 0.273 e. The van der Waals surface area contributed by atoms with Gasteiger partial charge in [-0.1, -0.05) is 11.6 Å². The molecule has 0 aliphatic heterocycles. The molecule has 0 unspecified atom stereocenters. The highest BCUT2D eigenvalue weighted by Gasteiger charge is 2.18. The maximum absolute atomic E-state index is 12.4. The lowest BCUT2D eigenvalue weighted by Gasteiger charge is -2.12. The van der Waals surface area contributed by atoms with Crippen LogP contribution in [0.2, 0.25) is 0 Å². The van der Waals surface area contributed by atoms with E-state index in [1.807, 2.05) is 24.3 Å². The van der Waals surface area contributed by atoms with Crippen LogP contribution in [0.5, 0.6) is 5.75 Å². The Bertz CT molecular complexity index is 716. The van der Waals surface area contributed by atoms with Crippen molar-refractivity contribution < 1.29 is 13.9 Å². The van der Waals surface area contributed by atoms with E-state index >= 15 is 0 Å². The molecule has 0 bridgehead atoms. The minimum absolute atomic E-state index is 0.203. The van der Waals surface area contributed by atoms with Crippen molar-refractivity contribution >= 4 is 5.91 Å². The van der Waals surface area contributed by atoms with E-state index in [2.05, 4.69) is 16.4 Å². The topological polar surface area (TPSA) is 64.4 Å². The van der Waals surface area contributed by atoms with Crippen molar-refractivity contribution in [2.24, 2.45) is 0 Å². The third kappa shape index (κ3) is 3.85. The second kappa shape index (κ2) is 7.81. The predicted octanol–water partition coefficient (Wildman–Crippen LogP) is 3.97. The SMILES string of the molecule is COc1ccc(-c2ocnc2C(=O)NCCC2=CCCCC2)cc1. The molecule has 3 rings (SSSR count). The summed E-state index contributed by atoms with van der Waals surface area (Å²) >= 11 is 0. The number of carbonyl (C=O) groups excluding carboxylic acids is 1. The van der Waals surface area contributed by atoms with Crippen LogP contribution in [0.15, 0.2) is 46.7 Å². The van der Waals surface area contributed by atoms with Crippen molar-refractivity contribution in [2.75, 3.05) is 13.7 Å². The van der Waals surface area contributed by atoms with Crippen molar-refractivity contribution in [3.05, 3.63) is 48.0 Å². The number of nitrogens with zero attached hydrogens (tertiary/aromatic N) is 1. The van der Waals surface area contributed by atoms with E-state index in [1.165, 1.54) is 24.8 Å². The predicted molar refractivity (Wildman–Crippen MR) is 92.0 cm³/mol. The minimum atomic E-state index is -0.203. The standard InChI is InChI=1S/C19H22N2O3/c1-23-16-9-7-15(8-10-16)18-17(21-13-24-18)19(22)20-12-11-14-5-3-2-4-6-14/h5,7-10,13H,2-4,6,11-12H2,1H3,(H,20,22). The van der Waals surface area contributed by atoms with Crippen LogP contribution in [-0.4, -0.2) is 24.5 Å².